The van der Waals surface area contributed by atoms with E-state index < -0.39 is 0 Å². The minimum atomic E-state index is 0.689. The lowest BCUT2D eigenvalue weighted by Crippen LogP contribution is -2.51. The molecule has 4 aliphatic rings. The fraction of sp³-hybridized carbons (Fsp3) is 1.00. The van der Waals surface area contributed by atoms with Crippen molar-refractivity contribution in [2.75, 3.05) is 13.7 Å². The summed E-state index contributed by atoms with van der Waals surface area (Å²) in [6.45, 7) is 3.66. The molecule has 1 heteroatoms. The molecule has 120 valence electrons. The molecule has 0 aromatic rings. The molecular formula is C20H34O. The van der Waals surface area contributed by atoms with Crippen LogP contribution in [-0.4, -0.2) is 13.7 Å². The van der Waals surface area contributed by atoms with Crippen LogP contribution in [0.3, 0.4) is 0 Å². The van der Waals surface area contributed by atoms with Crippen LogP contribution in [0.15, 0.2) is 0 Å². The molecular weight excluding hydrogens is 256 g/mol. The molecule has 0 aromatic heterocycles. The van der Waals surface area contributed by atoms with Gasteiger partial charge in [-0.15, -0.1) is 0 Å². The first-order chi connectivity index (χ1) is 10.2. The number of methoxy groups -OCH3 is 1. The van der Waals surface area contributed by atoms with E-state index >= 15 is 0 Å². The average Bonchev–Trinajstić information content (AvgIpc) is 2.89. The van der Waals surface area contributed by atoms with Gasteiger partial charge in [0.1, 0.15) is 0 Å². The molecule has 4 rings (SSSR count). The van der Waals surface area contributed by atoms with E-state index in [1.54, 1.807) is 12.8 Å². The Morgan fingerprint density at radius 2 is 1.81 bits per heavy atom. The maximum atomic E-state index is 5.69. The molecule has 4 saturated carbocycles. The SMILES string of the molecule is COC[C@@H]1CC2CCCC[C@@H]2[C@H]2CC[C@]3(C)CCC[C@H]3[C@H]12. The smallest absolute Gasteiger partial charge is 0.0493 e. The molecule has 0 aromatic carbocycles. The summed E-state index contributed by atoms with van der Waals surface area (Å²) in [7, 11) is 1.93. The molecule has 0 bridgehead atoms. The third kappa shape index (κ3) is 2.30. The first kappa shape index (κ1) is 14.5. The lowest BCUT2D eigenvalue weighted by atomic mass is 9.48. The van der Waals surface area contributed by atoms with Gasteiger partial charge in [-0.05, 0) is 79.4 Å². The summed E-state index contributed by atoms with van der Waals surface area (Å²) in [4.78, 5) is 0. The van der Waals surface area contributed by atoms with Gasteiger partial charge in [0, 0.05) is 13.7 Å². The third-order valence-corrected chi connectivity index (χ3v) is 8.21. The fourth-order valence-electron chi connectivity index (χ4n) is 7.42. The molecule has 21 heavy (non-hydrogen) atoms. The minimum absolute atomic E-state index is 0.689. The van der Waals surface area contributed by atoms with Crippen LogP contribution < -0.4 is 0 Å². The van der Waals surface area contributed by atoms with Crippen LogP contribution in [0.5, 0.6) is 0 Å². The van der Waals surface area contributed by atoms with Gasteiger partial charge in [0.05, 0.1) is 0 Å². The second kappa shape index (κ2) is 5.55. The fourth-order valence-corrected chi connectivity index (χ4v) is 7.42. The molecule has 4 aliphatic carbocycles. The Morgan fingerprint density at radius 1 is 0.952 bits per heavy atom. The van der Waals surface area contributed by atoms with Gasteiger partial charge in [0.15, 0.2) is 0 Å². The summed E-state index contributed by atoms with van der Waals surface area (Å²) >= 11 is 0. The van der Waals surface area contributed by atoms with Crippen molar-refractivity contribution in [3.63, 3.8) is 0 Å². The van der Waals surface area contributed by atoms with Crippen LogP contribution in [0.25, 0.3) is 0 Å². The predicted octanol–water partition coefficient (Wildman–Crippen LogP) is 5.29. The second-order valence-corrected chi connectivity index (χ2v) is 9.09. The highest BCUT2D eigenvalue weighted by Crippen LogP contribution is 2.63. The van der Waals surface area contributed by atoms with Crippen molar-refractivity contribution in [2.24, 2.45) is 40.9 Å². The quantitative estimate of drug-likeness (QED) is 0.671. The molecule has 1 unspecified atom stereocenters. The largest absolute Gasteiger partial charge is 0.384 e. The molecule has 0 spiro atoms. The topological polar surface area (TPSA) is 9.23 Å². The number of rotatable bonds is 2. The van der Waals surface area contributed by atoms with Crippen LogP contribution >= 0.6 is 0 Å². The average molecular weight is 290 g/mol. The van der Waals surface area contributed by atoms with Gasteiger partial charge in [-0.1, -0.05) is 32.6 Å². The van der Waals surface area contributed by atoms with Gasteiger partial charge in [0.25, 0.3) is 0 Å². The molecule has 0 aliphatic heterocycles. The molecule has 0 saturated heterocycles. The lowest BCUT2D eigenvalue weighted by molar-refractivity contribution is -0.0988. The summed E-state index contributed by atoms with van der Waals surface area (Å²) in [5.74, 6) is 6.10. The van der Waals surface area contributed by atoms with Crippen LogP contribution in [-0.2, 0) is 4.74 Å². The molecule has 0 N–H and O–H groups in total. The lowest BCUT2D eigenvalue weighted by Gasteiger charge is -2.57. The van der Waals surface area contributed by atoms with Crippen molar-refractivity contribution in [3.05, 3.63) is 0 Å². The zero-order chi connectivity index (χ0) is 14.4. The summed E-state index contributed by atoms with van der Waals surface area (Å²) in [5, 5.41) is 0. The summed E-state index contributed by atoms with van der Waals surface area (Å²) in [6.07, 6.45) is 15.2. The second-order valence-electron chi connectivity index (χ2n) is 9.09. The first-order valence-corrected chi connectivity index (χ1v) is 9.72. The number of ether oxygens (including phenoxy) is 1. The molecule has 1 nitrogen and oxygen atoms in total. The maximum absolute atomic E-state index is 5.69. The molecule has 7 atom stereocenters. The Kier molecular flexibility index (Phi) is 3.84. The van der Waals surface area contributed by atoms with Gasteiger partial charge < -0.3 is 4.74 Å². The van der Waals surface area contributed by atoms with Crippen molar-refractivity contribution in [3.8, 4) is 0 Å². The van der Waals surface area contributed by atoms with Gasteiger partial charge in [-0.25, -0.2) is 0 Å². The van der Waals surface area contributed by atoms with E-state index in [1.165, 1.54) is 51.4 Å². The van der Waals surface area contributed by atoms with Crippen LogP contribution in [0.2, 0.25) is 0 Å². The van der Waals surface area contributed by atoms with Crippen molar-refractivity contribution in [2.45, 2.75) is 71.1 Å². The number of hydrogen-bond donors (Lipinski definition) is 0. The maximum Gasteiger partial charge on any atom is 0.0493 e. The number of fused-ring (bicyclic) bond motifs is 5. The predicted molar refractivity (Wildman–Crippen MR) is 87.1 cm³/mol. The van der Waals surface area contributed by atoms with Gasteiger partial charge in [0.2, 0.25) is 0 Å². The Labute approximate surface area is 131 Å². The highest BCUT2D eigenvalue weighted by atomic mass is 16.5. The zero-order valence-electron chi connectivity index (χ0n) is 14.2. The van der Waals surface area contributed by atoms with Crippen molar-refractivity contribution >= 4 is 0 Å². The van der Waals surface area contributed by atoms with Crippen LogP contribution in [0, 0.1) is 40.9 Å². The zero-order valence-corrected chi connectivity index (χ0v) is 14.2. The normalized spacial score (nSPS) is 52.9. The highest BCUT2D eigenvalue weighted by Gasteiger charge is 2.55. The van der Waals surface area contributed by atoms with E-state index in [2.05, 4.69) is 6.92 Å². The minimum Gasteiger partial charge on any atom is -0.384 e. The summed E-state index contributed by atoms with van der Waals surface area (Å²) < 4.78 is 5.69. The first-order valence-electron chi connectivity index (χ1n) is 9.72. The van der Waals surface area contributed by atoms with Crippen molar-refractivity contribution in [1.82, 2.24) is 0 Å². The molecule has 0 amide bonds. The van der Waals surface area contributed by atoms with Crippen molar-refractivity contribution < 1.29 is 4.74 Å². The monoisotopic (exact) mass is 290 g/mol. The molecule has 0 heterocycles. The molecule has 4 fully saturated rings. The van der Waals surface area contributed by atoms with E-state index in [4.69, 9.17) is 4.74 Å². The standard InChI is InChI=1S/C20H34O/c1-20-10-5-8-18(20)19-15(13-21-2)12-14-6-3-4-7-16(14)17(19)9-11-20/h14-19H,3-13H2,1-2H3/t14?,15-,16-,17+,18-,19+,20-/m0/s1. The summed E-state index contributed by atoms with van der Waals surface area (Å²) in [5.41, 5.74) is 0.689. The van der Waals surface area contributed by atoms with Crippen molar-refractivity contribution in [1.29, 1.82) is 0 Å². The van der Waals surface area contributed by atoms with E-state index in [1.807, 2.05) is 7.11 Å². The third-order valence-electron chi connectivity index (χ3n) is 8.21. The summed E-state index contributed by atoms with van der Waals surface area (Å²) in [6, 6.07) is 0. The van der Waals surface area contributed by atoms with Crippen LogP contribution in [0.4, 0.5) is 0 Å². The Morgan fingerprint density at radius 3 is 2.67 bits per heavy atom. The van der Waals surface area contributed by atoms with E-state index in [9.17, 15) is 0 Å². The van der Waals surface area contributed by atoms with Gasteiger partial charge in [-0.3, -0.25) is 0 Å². The van der Waals surface area contributed by atoms with E-state index in [-0.39, 0.29) is 0 Å². The van der Waals surface area contributed by atoms with E-state index in [0.29, 0.717) is 5.41 Å². The molecule has 0 radical (unpaired) electrons. The van der Waals surface area contributed by atoms with E-state index in [0.717, 1.165) is 42.1 Å². The highest BCUT2D eigenvalue weighted by molar-refractivity contribution is 5.05. The van der Waals surface area contributed by atoms with Crippen LogP contribution in [0.1, 0.15) is 71.1 Å². The number of hydrogen-bond acceptors (Lipinski definition) is 1. The van der Waals surface area contributed by atoms with Gasteiger partial charge in [-0.2, -0.15) is 0 Å². The van der Waals surface area contributed by atoms with Gasteiger partial charge >= 0.3 is 0 Å². The Hall–Kier alpha value is -0.0400. The Balaban J connectivity index is 1.63. The Bertz CT molecular complexity index is 378.